The lowest BCUT2D eigenvalue weighted by atomic mass is 9.71. The van der Waals surface area contributed by atoms with E-state index in [1.807, 2.05) is 11.8 Å². The zero-order valence-corrected chi connectivity index (χ0v) is 17.6. The second kappa shape index (κ2) is 10.6. The summed E-state index contributed by atoms with van der Waals surface area (Å²) in [6.07, 6.45) is 9.62. The van der Waals surface area contributed by atoms with Crippen molar-refractivity contribution >= 4 is 5.91 Å². The zero-order valence-electron chi connectivity index (χ0n) is 17.6. The molecule has 0 aromatic carbocycles. The highest BCUT2D eigenvalue weighted by atomic mass is 16.7. The first kappa shape index (κ1) is 21.6. The van der Waals surface area contributed by atoms with E-state index in [9.17, 15) is 9.90 Å². The molecule has 3 aliphatic rings. The number of hydrogen-bond acceptors (Lipinski definition) is 5. The van der Waals surface area contributed by atoms with E-state index in [0.29, 0.717) is 24.2 Å². The van der Waals surface area contributed by atoms with E-state index < -0.39 is 0 Å². The number of carbonyl (C=O) groups is 1. The van der Waals surface area contributed by atoms with Gasteiger partial charge in [0.1, 0.15) is 0 Å². The molecule has 0 bridgehead atoms. The molecule has 3 atom stereocenters. The average Bonchev–Trinajstić information content (AvgIpc) is 2.73. The predicted octanol–water partition coefficient (Wildman–Crippen LogP) is 2.62. The number of hydrogen-bond donors (Lipinski definition) is 1. The number of rotatable bonds is 7. The number of nitrogens with zero attached hydrogens (tertiary/aromatic N) is 2. The molecule has 3 rings (SSSR count). The minimum atomic E-state index is -0.389. The first-order valence-corrected chi connectivity index (χ1v) is 11.2. The molecule has 0 aromatic heterocycles. The van der Waals surface area contributed by atoms with Crippen molar-refractivity contribution in [2.45, 2.75) is 58.2 Å². The number of allylic oxidation sites excluding steroid dienone is 1. The third-order valence-electron chi connectivity index (χ3n) is 6.65. The Balaban J connectivity index is 1.81. The number of likely N-dealkylation sites (N-methyl/N-ethyl adjacent to an activating group) is 1. The van der Waals surface area contributed by atoms with Crippen LogP contribution in [0, 0.1) is 17.8 Å². The zero-order chi connectivity index (χ0) is 19.9. The van der Waals surface area contributed by atoms with Crippen LogP contribution >= 0.6 is 0 Å². The van der Waals surface area contributed by atoms with E-state index in [-0.39, 0.29) is 24.7 Å². The molecule has 0 spiro atoms. The van der Waals surface area contributed by atoms with Crippen LogP contribution in [-0.2, 0) is 14.3 Å². The molecule has 1 aliphatic carbocycles. The van der Waals surface area contributed by atoms with Gasteiger partial charge in [0.25, 0.3) is 5.91 Å². The van der Waals surface area contributed by atoms with E-state index in [4.69, 9.17) is 9.47 Å². The van der Waals surface area contributed by atoms with Crippen LogP contribution in [0.4, 0.5) is 0 Å². The van der Waals surface area contributed by atoms with Crippen molar-refractivity contribution in [3.05, 3.63) is 11.8 Å². The lowest BCUT2D eigenvalue weighted by Gasteiger charge is -2.42. The van der Waals surface area contributed by atoms with Crippen molar-refractivity contribution in [1.82, 2.24) is 9.80 Å². The highest BCUT2D eigenvalue weighted by molar-refractivity contribution is 5.91. The molecule has 2 heterocycles. The van der Waals surface area contributed by atoms with Gasteiger partial charge in [-0.2, -0.15) is 0 Å². The predicted molar refractivity (Wildman–Crippen MR) is 109 cm³/mol. The van der Waals surface area contributed by atoms with Gasteiger partial charge in [-0.3, -0.25) is 4.79 Å². The SMILES string of the molecule is CCO[C@@H]1OC(C(=O)N2CCN(C)CC2)=C[C@H](C2CCCCC2)[C@@H]1CCCO. The summed E-state index contributed by atoms with van der Waals surface area (Å²) < 4.78 is 12.1. The summed E-state index contributed by atoms with van der Waals surface area (Å²) in [7, 11) is 2.09. The van der Waals surface area contributed by atoms with Crippen molar-refractivity contribution < 1.29 is 19.4 Å². The minimum absolute atomic E-state index is 0.0132. The summed E-state index contributed by atoms with van der Waals surface area (Å²) in [6, 6.07) is 0. The lowest BCUT2D eigenvalue weighted by molar-refractivity contribution is -0.180. The summed E-state index contributed by atoms with van der Waals surface area (Å²) in [6.45, 7) is 6.02. The molecule has 6 nitrogen and oxygen atoms in total. The van der Waals surface area contributed by atoms with Crippen LogP contribution in [-0.4, -0.2) is 73.5 Å². The Labute approximate surface area is 169 Å². The fraction of sp³-hybridized carbons (Fsp3) is 0.864. The lowest BCUT2D eigenvalue weighted by Crippen LogP contribution is -2.49. The molecular formula is C22H38N2O4. The maximum absolute atomic E-state index is 13.2. The van der Waals surface area contributed by atoms with Crippen molar-refractivity contribution in [1.29, 1.82) is 0 Å². The number of piperazine rings is 1. The summed E-state index contributed by atoms with van der Waals surface area (Å²) >= 11 is 0. The van der Waals surface area contributed by atoms with Crippen LogP contribution in [0.2, 0.25) is 0 Å². The molecule has 2 fully saturated rings. The molecule has 6 heteroatoms. The third kappa shape index (κ3) is 5.28. The number of aliphatic hydroxyl groups is 1. The maximum Gasteiger partial charge on any atom is 0.288 e. The fourth-order valence-electron chi connectivity index (χ4n) is 5.00. The van der Waals surface area contributed by atoms with Crippen molar-refractivity contribution in [3.63, 3.8) is 0 Å². The van der Waals surface area contributed by atoms with Gasteiger partial charge in [0, 0.05) is 45.3 Å². The van der Waals surface area contributed by atoms with Crippen molar-refractivity contribution in [2.75, 3.05) is 46.4 Å². The van der Waals surface area contributed by atoms with Gasteiger partial charge in [-0.15, -0.1) is 0 Å². The average molecular weight is 395 g/mol. The van der Waals surface area contributed by atoms with E-state index in [1.54, 1.807) is 0 Å². The first-order chi connectivity index (χ1) is 13.6. The highest BCUT2D eigenvalue weighted by Gasteiger charge is 2.41. The molecular weight excluding hydrogens is 356 g/mol. The van der Waals surface area contributed by atoms with Gasteiger partial charge in [-0.05, 0) is 57.6 Å². The normalized spacial score (nSPS) is 30.0. The van der Waals surface area contributed by atoms with Crippen molar-refractivity contribution in [3.8, 4) is 0 Å². The Morgan fingerprint density at radius 2 is 1.93 bits per heavy atom. The number of amides is 1. The van der Waals surface area contributed by atoms with Crippen LogP contribution in [0.1, 0.15) is 51.9 Å². The van der Waals surface area contributed by atoms with E-state index in [2.05, 4.69) is 18.0 Å². The van der Waals surface area contributed by atoms with Gasteiger partial charge in [0.2, 0.25) is 6.29 Å². The van der Waals surface area contributed by atoms with Gasteiger partial charge in [-0.25, -0.2) is 0 Å². The monoisotopic (exact) mass is 394 g/mol. The van der Waals surface area contributed by atoms with Gasteiger partial charge >= 0.3 is 0 Å². The topological polar surface area (TPSA) is 62.2 Å². The van der Waals surface area contributed by atoms with Gasteiger partial charge in [-0.1, -0.05) is 19.3 Å². The van der Waals surface area contributed by atoms with Crippen LogP contribution in [0.3, 0.4) is 0 Å². The molecule has 2 aliphatic heterocycles. The Kier molecular flexibility index (Phi) is 8.18. The summed E-state index contributed by atoms with van der Waals surface area (Å²) in [4.78, 5) is 17.3. The Morgan fingerprint density at radius 1 is 1.21 bits per heavy atom. The second-order valence-corrected chi connectivity index (χ2v) is 8.57. The molecule has 160 valence electrons. The Bertz CT molecular complexity index is 525. The maximum atomic E-state index is 13.2. The van der Waals surface area contributed by atoms with Gasteiger partial charge in [0.05, 0.1) is 0 Å². The molecule has 1 saturated heterocycles. The summed E-state index contributed by atoms with van der Waals surface area (Å²) in [5.41, 5.74) is 0. The summed E-state index contributed by atoms with van der Waals surface area (Å²) in [5.74, 6) is 1.58. The first-order valence-electron chi connectivity index (χ1n) is 11.2. The Morgan fingerprint density at radius 3 is 2.57 bits per heavy atom. The highest BCUT2D eigenvalue weighted by Crippen LogP contribution is 2.42. The molecule has 28 heavy (non-hydrogen) atoms. The quantitative estimate of drug-likeness (QED) is 0.719. The molecule has 0 unspecified atom stereocenters. The van der Waals surface area contributed by atoms with Crippen LogP contribution in [0.25, 0.3) is 0 Å². The van der Waals surface area contributed by atoms with E-state index >= 15 is 0 Å². The van der Waals surface area contributed by atoms with Crippen LogP contribution < -0.4 is 0 Å². The fourth-order valence-corrected chi connectivity index (χ4v) is 5.00. The van der Waals surface area contributed by atoms with E-state index in [1.165, 1.54) is 32.1 Å². The van der Waals surface area contributed by atoms with E-state index in [0.717, 1.165) is 39.0 Å². The molecule has 1 N–H and O–H groups in total. The van der Waals surface area contributed by atoms with Crippen molar-refractivity contribution in [2.24, 2.45) is 17.8 Å². The molecule has 1 amide bonds. The Hall–Kier alpha value is -1.11. The molecule has 1 saturated carbocycles. The standard InChI is InChI=1S/C22H38N2O4/c1-3-27-22-18(10-7-15-25)19(17-8-5-4-6-9-17)16-20(28-22)21(26)24-13-11-23(2)12-14-24/h16-19,22,25H,3-15H2,1-2H3/t18-,19+,22+/m0/s1. The minimum Gasteiger partial charge on any atom is -0.459 e. The molecule has 0 aromatic rings. The number of ether oxygens (including phenoxy) is 2. The largest absolute Gasteiger partial charge is 0.459 e. The number of carbonyl (C=O) groups excluding carboxylic acids is 1. The summed E-state index contributed by atoms with van der Waals surface area (Å²) in [5, 5.41) is 9.38. The second-order valence-electron chi connectivity index (χ2n) is 8.57. The number of aliphatic hydroxyl groups excluding tert-OH is 1. The van der Waals surface area contributed by atoms with Gasteiger partial charge in [0.15, 0.2) is 5.76 Å². The van der Waals surface area contributed by atoms with Crippen LogP contribution in [0.15, 0.2) is 11.8 Å². The smallest absolute Gasteiger partial charge is 0.288 e. The van der Waals surface area contributed by atoms with Gasteiger partial charge < -0.3 is 24.4 Å². The molecule has 0 radical (unpaired) electrons. The van der Waals surface area contributed by atoms with Crippen LogP contribution in [0.5, 0.6) is 0 Å². The third-order valence-corrected chi connectivity index (χ3v) is 6.65.